The van der Waals surface area contributed by atoms with Gasteiger partial charge in [-0.1, -0.05) is 18.5 Å². The lowest BCUT2D eigenvalue weighted by atomic mass is 9.99. The molecule has 2 aromatic heterocycles. The summed E-state index contributed by atoms with van der Waals surface area (Å²) in [5.41, 5.74) is 4.68. The molecule has 0 fully saturated rings. The van der Waals surface area contributed by atoms with Gasteiger partial charge in [0, 0.05) is 28.2 Å². The molecular formula is C22H19ClN4O2S. The quantitative estimate of drug-likeness (QED) is 0.373. The first kappa shape index (κ1) is 20.1. The molecule has 4 rings (SSSR count). The summed E-state index contributed by atoms with van der Waals surface area (Å²) in [6, 6.07) is 10.9. The van der Waals surface area contributed by atoms with Gasteiger partial charge in [-0.05, 0) is 54.8 Å². The van der Waals surface area contributed by atoms with Gasteiger partial charge in [0.1, 0.15) is 10.8 Å². The van der Waals surface area contributed by atoms with Gasteiger partial charge in [-0.3, -0.25) is 10.00 Å². The van der Waals surface area contributed by atoms with E-state index in [1.54, 1.807) is 41.9 Å². The van der Waals surface area contributed by atoms with Gasteiger partial charge < -0.3 is 5.11 Å². The van der Waals surface area contributed by atoms with Crippen LogP contribution in [-0.4, -0.2) is 26.3 Å². The SMILES string of the molecule is CCc1cc(N(c2ccn[nH]2)c2ccc(Cl)cc2C(=O)O)c(C)cc1-c1nccs1. The minimum absolute atomic E-state index is 0.110. The summed E-state index contributed by atoms with van der Waals surface area (Å²) in [6.45, 7) is 4.10. The highest BCUT2D eigenvalue weighted by atomic mass is 35.5. The third-order valence-electron chi connectivity index (χ3n) is 4.86. The van der Waals surface area contributed by atoms with Crippen LogP contribution in [0.3, 0.4) is 0 Å². The van der Waals surface area contributed by atoms with E-state index in [1.807, 2.05) is 17.2 Å². The topological polar surface area (TPSA) is 82.1 Å². The monoisotopic (exact) mass is 438 g/mol. The Morgan fingerprint density at radius 1 is 1.20 bits per heavy atom. The highest BCUT2D eigenvalue weighted by Crippen LogP contribution is 2.41. The maximum Gasteiger partial charge on any atom is 0.337 e. The third-order valence-corrected chi connectivity index (χ3v) is 5.90. The van der Waals surface area contributed by atoms with Gasteiger partial charge in [-0.15, -0.1) is 11.3 Å². The Bertz CT molecular complexity index is 1190. The van der Waals surface area contributed by atoms with Crippen LogP contribution < -0.4 is 4.90 Å². The zero-order valence-corrected chi connectivity index (χ0v) is 18.0. The molecule has 0 unspecified atom stereocenters. The van der Waals surface area contributed by atoms with Crippen molar-refractivity contribution in [1.29, 1.82) is 0 Å². The van der Waals surface area contributed by atoms with Gasteiger partial charge in [0.15, 0.2) is 0 Å². The Balaban J connectivity index is 1.96. The molecule has 0 bridgehead atoms. The molecule has 0 radical (unpaired) electrons. The van der Waals surface area contributed by atoms with Crippen LogP contribution in [0.15, 0.2) is 54.2 Å². The standard InChI is InChI=1S/C22H19ClN4O2S/c1-3-14-11-19(13(2)10-16(14)21-24-8-9-30-21)27(20-6-7-25-26-20)18-5-4-15(23)12-17(18)22(28)29/h4-12H,3H2,1-2H3,(H,25,26)(H,28,29). The Kier molecular flexibility index (Phi) is 5.57. The lowest BCUT2D eigenvalue weighted by Gasteiger charge is -2.27. The molecule has 0 atom stereocenters. The Labute approximate surface area is 182 Å². The summed E-state index contributed by atoms with van der Waals surface area (Å²) in [4.78, 5) is 18.3. The van der Waals surface area contributed by atoms with E-state index in [0.717, 1.165) is 33.8 Å². The Morgan fingerprint density at radius 3 is 2.67 bits per heavy atom. The number of rotatable bonds is 6. The number of aryl methyl sites for hydroxylation is 2. The summed E-state index contributed by atoms with van der Waals surface area (Å²) in [7, 11) is 0. The van der Waals surface area contributed by atoms with Crippen LogP contribution in [-0.2, 0) is 6.42 Å². The lowest BCUT2D eigenvalue weighted by molar-refractivity contribution is 0.0698. The molecule has 0 aliphatic carbocycles. The molecule has 4 aromatic rings. The van der Waals surface area contributed by atoms with Crippen molar-refractivity contribution < 1.29 is 9.90 Å². The van der Waals surface area contributed by atoms with Crippen molar-refractivity contribution >= 4 is 46.1 Å². The van der Waals surface area contributed by atoms with E-state index in [9.17, 15) is 9.90 Å². The third kappa shape index (κ3) is 3.69. The number of hydrogen-bond acceptors (Lipinski definition) is 5. The number of halogens is 1. The number of aromatic amines is 1. The second kappa shape index (κ2) is 8.30. The molecule has 8 heteroatoms. The van der Waals surface area contributed by atoms with Crippen LogP contribution in [0, 0.1) is 6.92 Å². The number of nitrogens with one attached hydrogen (secondary N) is 1. The number of anilines is 3. The number of nitrogens with zero attached hydrogens (tertiary/aromatic N) is 3. The van der Waals surface area contributed by atoms with Gasteiger partial charge >= 0.3 is 5.97 Å². The lowest BCUT2D eigenvalue weighted by Crippen LogP contribution is -2.16. The van der Waals surface area contributed by atoms with Crippen LogP contribution >= 0.6 is 22.9 Å². The number of carboxylic acids is 1. The number of aromatic carboxylic acids is 1. The molecule has 0 saturated heterocycles. The summed E-state index contributed by atoms with van der Waals surface area (Å²) in [6.07, 6.45) is 4.25. The smallest absolute Gasteiger partial charge is 0.337 e. The van der Waals surface area contributed by atoms with E-state index < -0.39 is 5.97 Å². The average molecular weight is 439 g/mol. The number of hydrogen-bond donors (Lipinski definition) is 2. The van der Waals surface area contributed by atoms with Gasteiger partial charge in [0.05, 0.1) is 23.1 Å². The average Bonchev–Trinajstić information content (AvgIpc) is 3.44. The number of carbonyl (C=O) groups is 1. The minimum Gasteiger partial charge on any atom is -0.478 e. The second-order valence-electron chi connectivity index (χ2n) is 6.73. The summed E-state index contributed by atoms with van der Waals surface area (Å²) in [5, 5.41) is 20.1. The van der Waals surface area contributed by atoms with E-state index in [4.69, 9.17) is 11.6 Å². The second-order valence-corrected chi connectivity index (χ2v) is 8.06. The number of benzene rings is 2. The van der Waals surface area contributed by atoms with Crippen molar-refractivity contribution in [2.24, 2.45) is 0 Å². The van der Waals surface area contributed by atoms with E-state index in [-0.39, 0.29) is 5.56 Å². The molecule has 0 spiro atoms. The highest BCUT2D eigenvalue weighted by molar-refractivity contribution is 7.13. The number of aromatic nitrogens is 3. The van der Waals surface area contributed by atoms with E-state index in [1.165, 1.54) is 6.07 Å². The van der Waals surface area contributed by atoms with Gasteiger partial charge in [0.2, 0.25) is 0 Å². The van der Waals surface area contributed by atoms with Gasteiger partial charge in [-0.25, -0.2) is 9.78 Å². The number of carboxylic acid groups (broad SMARTS) is 1. The van der Waals surface area contributed by atoms with E-state index >= 15 is 0 Å². The molecule has 2 N–H and O–H groups in total. The first-order valence-electron chi connectivity index (χ1n) is 9.35. The van der Waals surface area contributed by atoms with Crippen molar-refractivity contribution in [2.45, 2.75) is 20.3 Å². The van der Waals surface area contributed by atoms with Crippen molar-refractivity contribution in [3.05, 3.63) is 75.9 Å². The molecule has 30 heavy (non-hydrogen) atoms. The molecule has 152 valence electrons. The summed E-state index contributed by atoms with van der Waals surface area (Å²) in [5.74, 6) is -0.392. The largest absolute Gasteiger partial charge is 0.478 e. The van der Waals surface area contributed by atoms with Gasteiger partial charge in [-0.2, -0.15) is 5.10 Å². The number of H-pyrrole nitrogens is 1. The molecular weight excluding hydrogens is 420 g/mol. The Hall–Kier alpha value is -3.16. The Morgan fingerprint density at radius 2 is 2.03 bits per heavy atom. The van der Waals surface area contributed by atoms with Crippen LogP contribution in [0.25, 0.3) is 10.6 Å². The molecule has 6 nitrogen and oxygen atoms in total. The maximum absolute atomic E-state index is 12.0. The molecule has 0 amide bonds. The summed E-state index contributed by atoms with van der Waals surface area (Å²) < 4.78 is 0. The first-order chi connectivity index (χ1) is 14.5. The fraction of sp³-hybridized carbons (Fsp3) is 0.136. The fourth-order valence-electron chi connectivity index (χ4n) is 3.47. The predicted molar refractivity (Wildman–Crippen MR) is 120 cm³/mol. The zero-order valence-electron chi connectivity index (χ0n) is 16.4. The summed E-state index contributed by atoms with van der Waals surface area (Å²) >= 11 is 7.68. The highest BCUT2D eigenvalue weighted by Gasteiger charge is 2.23. The van der Waals surface area contributed by atoms with Crippen molar-refractivity contribution in [3.63, 3.8) is 0 Å². The molecule has 0 aliphatic rings. The van der Waals surface area contributed by atoms with Crippen molar-refractivity contribution in [3.8, 4) is 10.6 Å². The predicted octanol–water partition coefficient (Wildman–Crippen LogP) is 6.23. The fourth-order valence-corrected chi connectivity index (χ4v) is 4.33. The number of thiazole rings is 1. The molecule has 0 aliphatic heterocycles. The minimum atomic E-state index is -1.05. The van der Waals surface area contributed by atoms with Crippen LogP contribution in [0.5, 0.6) is 0 Å². The molecule has 0 saturated carbocycles. The van der Waals surface area contributed by atoms with E-state index in [2.05, 4.69) is 34.2 Å². The van der Waals surface area contributed by atoms with Crippen LogP contribution in [0.4, 0.5) is 17.2 Å². The van der Waals surface area contributed by atoms with Crippen molar-refractivity contribution in [1.82, 2.24) is 15.2 Å². The maximum atomic E-state index is 12.0. The molecule has 2 aromatic carbocycles. The zero-order chi connectivity index (χ0) is 21.3. The first-order valence-corrected chi connectivity index (χ1v) is 10.6. The van der Waals surface area contributed by atoms with Crippen LogP contribution in [0.2, 0.25) is 5.02 Å². The van der Waals surface area contributed by atoms with E-state index in [0.29, 0.717) is 16.5 Å². The normalized spacial score (nSPS) is 10.9. The van der Waals surface area contributed by atoms with Crippen LogP contribution in [0.1, 0.15) is 28.4 Å². The molecule has 2 heterocycles. The van der Waals surface area contributed by atoms with Gasteiger partial charge in [0.25, 0.3) is 0 Å². The van der Waals surface area contributed by atoms with Crippen molar-refractivity contribution in [2.75, 3.05) is 4.90 Å².